The summed E-state index contributed by atoms with van der Waals surface area (Å²) in [5.74, 6) is -0.0821. The topological polar surface area (TPSA) is 105 Å². The molecule has 0 saturated carbocycles. The first-order valence-corrected chi connectivity index (χ1v) is 8.96. The average molecular weight is 369 g/mol. The Morgan fingerprint density at radius 1 is 1.28 bits per heavy atom. The van der Waals surface area contributed by atoms with Crippen molar-refractivity contribution >= 4 is 28.1 Å². The van der Waals surface area contributed by atoms with Crippen LogP contribution in [0.2, 0.25) is 0 Å². The van der Waals surface area contributed by atoms with Crippen molar-refractivity contribution in [1.29, 1.82) is 0 Å². The number of methoxy groups -OCH3 is 1. The fourth-order valence-corrected chi connectivity index (χ4v) is 2.56. The zero-order chi connectivity index (χ0) is 18.8. The molecule has 0 spiro atoms. The minimum absolute atomic E-state index is 0.0441. The predicted molar refractivity (Wildman–Crippen MR) is 93.4 cm³/mol. The second kappa shape index (κ2) is 10.4. The standard InChI is InChI=1S/C16H23N3O5S/c1-4-5-6-9-19(16(21)17-2)15(20)11-12-7-8-14(24-3)13(10-12)18-25(22)23/h7-8,10H,4-6,9,11H2,1-3H3,(H,17,21). The Labute approximate surface area is 148 Å². The molecule has 0 aromatic heterocycles. The van der Waals surface area contributed by atoms with E-state index in [1.807, 2.05) is 6.92 Å². The molecule has 0 unspecified atom stereocenters. The molecular weight excluding hydrogens is 346 g/mol. The van der Waals surface area contributed by atoms with Crippen molar-refractivity contribution in [1.82, 2.24) is 10.2 Å². The maximum Gasteiger partial charge on any atom is 0.323 e. The first-order valence-electron chi connectivity index (χ1n) is 7.93. The van der Waals surface area contributed by atoms with Gasteiger partial charge in [-0.2, -0.15) is 8.42 Å². The van der Waals surface area contributed by atoms with Gasteiger partial charge in [0.1, 0.15) is 11.4 Å². The molecule has 1 aromatic rings. The van der Waals surface area contributed by atoms with Crippen molar-refractivity contribution in [2.24, 2.45) is 4.36 Å². The summed E-state index contributed by atoms with van der Waals surface area (Å²) in [5.41, 5.74) is 0.651. The number of nitrogens with zero attached hydrogens (tertiary/aromatic N) is 2. The third kappa shape index (κ3) is 6.54. The molecule has 1 rings (SSSR count). The summed E-state index contributed by atoms with van der Waals surface area (Å²) in [6, 6.07) is 4.17. The van der Waals surface area contributed by atoms with Gasteiger partial charge < -0.3 is 10.1 Å². The number of ether oxygens (including phenoxy) is 1. The number of urea groups is 1. The molecule has 0 heterocycles. The molecular formula is C16H23N3O5S. The number of nitrogens with one attached hydrogen (secondary N) is 1. The fraction of sp³-hybridized carbons (Fsp3) is 0.500. The molecule has 25 heavy (non-hydrogen) atoms. The van der Waals surface area contributed by atoms with Crippen LogP contribution in [-0.2, 0) is 21.7 Å². The van der Waals surface area contributed by atoms with Crippen LogP contribution in [0.3, 0.4) is 0 Å². The fourth-order valence-electron chi connectivity index (χ4n) is 2.26. The summed E-state index contributed by atoms with van der Waals surface area (Å²) in [4.78, 5) is 25.6. The van der Waals surface area contributed by atoms with E-state index in [0.717, 1.165) is 19.3 Å². The van der Waals surface area contributed by atoms with E-state index in [-0.39, 0.29) is 23.8 Å². The Bertz CT molecular complexity index is 738. The second-order valence-electron chi connectivity index (χ2n) is 5.30. The zero-order valence-electron chi connectivity index (χ0n) is 14.6. The molecule has 138 valence electrons. The van der Waals surface area contributed by atoms with Gasteiger partial charge in [-0.3, -0.25) is 9.69 Å². The van der Waals surface area contributed by atoms with E-state index in [4.69, 9.17) is 4.74 Å². The minimum Gasteiger partial charge on any atom is -0.494 e. The van der Waals surface area contributed by atoms with Gasteiger partial charge >= 0.3 is 16.5 Å². The van der Waals surface area contributed by atoms with Crippen LogP contribution < -0.4 is 10.1 Å². The molecule has 0 atom stereocenters. The lowest BCUT2D eigenvalue weighted by Gasteiger charge is -2.20. The van der Waals surface area contributed by atoms with Crippen LogP contribution in [0.1, 0.15) is 31.7 Å². The van der Waals surface area contributed by atoms with Gasteiger partial charge in [0.2, 0.25) is 5.91 Å². The molecule has 1 aromatic carbocycles. The number of carbonyl (C=O) groups is 2. The Balaban J connectivity index is 2.99. The van der Waals surface area contributed by atoms with Gasteiger partial charge in [0.25, 0.3) is 0 Å². The first kappa shape index (κ1) is 20.6. The lowest BCUT2D eigenvalue weighted by Crippen LogP contribution is -2.43. The lowest BCUT2D eigenvalue weighted by molar-refractivity contribution is -0.127. The van der Waals surface area contributed by atoms with Gasteiger partial charge in [0.15, 0.2) is 0 Å². The van der Waals surface area contributed by atoms with Crippen LogP contribution in [0.15, 0.2) is 22.6 Å². The van der Waals surface area contributed by atoms with Gasteiger partial charge in [0, 0.05) is 13.6 Å². The average Bonchev–Trinajstić information content (AvgIpc) is 2.57. The van der Waals surface area contributed by atoms with E-state index in [9.17, 15) is 18.0 Å². The van der Waals surface area contributed by atoms with Crippen LogP contribution >= 0.6 is 0 Å². The molecule has 0 aliphatic heterocycles. The van der Waals surface area contributed by atoms with E-state index in [0.29, 0.717) is 12.1 Å². The van der Waals surface area contributed by atoms with Crippen molar-refractivity contribution in [3.63, 3.8) is 0 Å². The Morgan fingerprint density at radius 2 is 2.00 bits per heavy atom. The number of benzene rings is 1. The summed E-state index contributed by atoms with van der Waals surface area (Å²) in [7, 11) is 0.229. The van der Waals surface area contributed by atoms with E-state index >= 15 is 0 Å². The van der Waals surface area contributed by atoms with Gasteiger partial charge in [-0.25, -0.2) is 4.79 Å². The molecule has 3 amide bonds. The number of hydrogen-bond donors (Lipinski definition) is 1. The van der Waals surface area contributed by atoms with Crippen molar-refractivity contribution < 1.29 is 22.7 Å². The number of amides is 3. The summed E-state index contributed by atoms with van der Waals surface area (Å²) >= 11 is 0. The van der Waals surface area contributed by atoms with Crippen molar-refractivity contribution in [2.75, 3.05) is 20.7 Å². The number of rotatable bonds is 8. The highest BCUT2D eigenvalue weighted by Crippen LogP contribution is 2.28. The maximum absolute atomic E-state index is 12.5. The third-order valence-corrected chi connectivity index (χ3v) is 3.86. The normalized spacial score (nSPS) is 10.0. The molecule has 0 saturated heterocycles. The number of carbonyl (C=O) groups excluding carboxylic acids is 2. The molecule has 0 aliphatic rings. The van der Waals surface area contributed by atoms with E-state index in [1.54, 1.807) is 6.07 Å². The summed E-state index contributed by atoms with van der Waals surface area (Å²) in [5, 5.41) is 2.46. The Hall–Kier alpha value is -2.42. The van der Waals surface area contributed by atoms with Crippen molar-refractivity contribution in [2.45, 2.75) is 32.6 Å². The Morgan fingerprint density at radius 3 is 2.56 bits per heavy atom. The van der Waals surface area contributed by atoms with Crippen molar-refractivity contribution in [3.05, 3.63) is 23.8 Å². The monoisotopic (exact) mass is 369 g/mol. The van der Waals surface area contributed by atoms with Crippen LogP contribution in [-0.4, -0.2) is 46.0 Å². The molecule has 1 N–H and O–H groups in total. The molecule has 0 fully saturated rings. The summed E-state index contributed by atoms with van der Waals surface area (Å²) < 4.78 is 30.1. The van der Waals surface area contributed by atoms with Crippen LogP contribution in [0.25, 0.3) is 0 Å². The highest BCUT2D eigenvalue weighted by Gasteiger charge is 2.20. The molecule has 8 nitrogen and oxygen atoms in total. The first-order chi connectivity index (χ1) is 11.9. The van der Waals surface area contributed by atoms with Gasteiger partial charge in [-0.15, -0.1) is 4.36 Å². The zero-order valence-corrected chi connectivity index (χ0v) is 15.4. The smallest absolute Gasteiger partial charge is 0.323 e. The number of unbranched alkanes of at least 4 members (excludes halogenated alkanes) is 2. The van der Waals surface area contributed by atoms with Crippen LogP contribution in [0.5, 0.6) is 5.75 Å². The number of imide groups is 1. The Kier molecular flexibility index (Phi) is 8.62. The van der Waals surface area contributed by atoms with Gasteiger partial charge in [0.05, 0.1) is 13.5 Å². The van der Waals surface area contributed by atoms with Gasteiger partial charge in [-0.1, -0.05) is 25.8 Å². The van der Waals surface area contributed by atoms with Crippen LogP contribution in [0.4, 0.5) is 10.5 Å². The number of hydrogen-bond acceptors (Lipinski definition) is 6. The van der Waals surface area contributed by atoms with E-state index in [2.05, 4.69) is 9.68 Å². The second-order valence-corrected chi connectivity index (χ2v) is 5.92. The molecule has 0 bridgehead atoms. The summed E-state index contributed by atoms with van der Waals surface area (Å²) in [6.45, 7) is 2.37. The SMILES string of the molecule is CCCCCN(C(=O)Cc1ccc(OC)c(N=S(=O)=O)c1)C(=O)NC. The van der Waals surface area contributed by atoms with E-state index in [1.165, 1.54) is 31.2 Å². The van der Waals surface area contributed by atoms with E-state index < -0.39 is 16.5 Å². The van der Waals surface area contributed by atoms with Gasteiger partial charge in [-0.05, 0) is 24.1 Å². The quantitative estimate of drug-likeness (QED) is 0.708. The largest absolute Gasteiger partial charge is 0.494 e. The van der Waals surface area contributed by atoms with Crippen molar-refractivity contribution in [3.8, 4) is 5.75 Å². The highest BCUT2D eigenvalue weighted by atomic mass is 32.2. The maximum atomic E-state index is 12.5. The highest BCUT2D eigenvalue weighted by molar-refractivity contribution is 7.61. The molecule has 0 radical (unpaired) electrons. The van der Waals surface area contributed by atoms with Crippen LogP contribution in [0, 0.1) is 0 Å². The lowest BCUT2D eigenvalue weighted by atomic mass is 10.1. The summed E-state index contributed by atoms with van der Waals surface area (Å²) in [6.07, 6.45) is 2.58. The minimum atomic E-state index is -2.64. The predicted octanol–water partition coefficient (Wildman–Crippen LogP) is 2.29. The third-order valence-electron chi connectivity index (χ3n) is 3.52. The molecule has 9 heteroatoms. The molecule has 0 aliphatic carbocycles.